The van der Waals surface area contributed by atoms with E-state index in [1.54, 1.807) is 13.8 Å². The zero-order chi connectivity index (χ0) is 16.7. The van der Waals surface area contributed by atoms with Crippen molar-refractivity contribution in [2.24, 2.45) is 12.2 Å². The molecule has 2 rings (SSSR count). The summed E-state index contributed by atoms with van der Waals surface area (Å²) in [5.41, 5.74) is -2.60. The molecule has 1 unspecified atom stereocenters. The van der Waals surface area contributed by atoms with Crippen molar-refractivity contribution in [1.29, 1.82) is 0 Å². The predicted octanol–water partition coefficient (Wildman–Crippen LogP) is 3.03. The molecule has 1 aromatic heterocycles. The van der Waals surface area contributed by atoms with E-state index in [1.807, 2.05) is 0 Å². The summed E-state index contributed by atoms with van der Waals surface area (Å²) in [6.07, 6.45) is -4.53. The Morgan fingerprint density at radius 2 is 2.14 bits per heavy atom. The summed E-state index contributed by atoms with van der Waals surface area (Å²) in [6, 6.07) is 0. The van der Waals surface area contributed by atoms with E-state index in [-0.39, 0.29) is 17.2 Å². The molecule has 124 valence electrons. The van der Waals surface area contributed by atoms with Crippen LogP contribution in [-0.4, -0.2) is 26.6 Å². The Morgan fingerprint density at radius 3 is 2.59 bits per heavy atom. The van der Waals surface area contributed by atoms with Gasteiger partial charge in [-0.25, -0.2) is 4.39 Å². The van der Waals surface area contributed by atoms with E-state index < -0.39 is 34.8 Å². The van der Waals surface area contributed by atoms with Crippen LogP contribution in [0.15, 0.2) is 9.95 Å². The molecule has 10 heteroatoms. The second-order valence-electron chi connectivity index (χ2n) is 5.55. The van der Waals surface area contributed by atoms with Crippen LogP contribution in [0.5, 0.6) is 0 Å². The van der Waals surface area contributed by atoms with E-state index in [2.05, 4.69) is 10.3 Å². The lowest BCUT2D eigenvalue weighted by atomic mass is 10.1. The first-order valence-corrected chi connectivity index (χ1v) is 7.25. The maximum atomic E-state index is 13.4. The zero-order valence-corrected chi connectivity index (χ0v) is 12.9. The van der Waals surface area contributed by atoms with Gasteiger partial charge in [0.25, 0.3) is 5.56 Å². The number of aromatic amines is 1. The number of rotatable bonds is 3. The summed E-state index contributed by atoms with van der Waals surface area (Å²) in [5.74, 6) is 0. The summed E-state index contributed by atoms with van der Waals surface area (Å²) < 4.78 is 53.9. The van der Waals surface area contributed by atoms with Gasteiger partial charge in [-0.2, -0.15) is 13.2 Å². The first-order valence-electron chi connectivity index (χ1n) is 6.37. The van der Waals surface area contributed by atoms with Crippen molar-refractivity contribution in [2.45, 2.75) is 44.0 Å². The van der Waals surface area contributed by atoms with Crippen LogP contribution in [0.25, 0.3) is 0 Å². The monoisotopic (exact) mass is 341 g/mol. The molecule has 0 aromatic carbocycles. The molecule has 22 heavy (non-hydrogen) atoms. The number of nitrogens with zero attached hydrogens (tertiary/aromatic N) is 2. The van der Waals surface area contributed by atoms with Crippen LogP contribution in [0.1, 0.15) is 36.8 Å². The minimum absolute atomic E-state index is 0.125. The fraction of sp³-hybridized carbons (Fsp3) is 0.667. The fourth-order valence-corrected chi connectivity index (χ4v) is 3.37. The molecule has 1 aliphatic rings. The molecule has 0 aliphatic carbocycles. The molecular formula is C12H15F4N3O2S. The van der Waals surface area contributed by atoms with Gasteiger partial charge in [-0.1, -0.05) is 16.9 Å². The lowest BCUT2D eigenvalue weighted by Gasteiger charge is -2.19. The van der Waals surface area contributed by atoms with Gasteiger partial charge in [0.2, 0.25) is 0 Å². The molecule has 0 amide bonds. The second kappa shape index (κ2) is 5.64. The highest BCUT2D eigenvalue weighted by Crippen LogP contribution is 2.46. The Hall–Kier alpha value is -1.45. The van der Waals surface area contributed by atoms with Crippen molar-refractivity contribution in [3.05, 3.63) is 21.6 Å². The average Bonchev–Trinajstić information content (AvgIpc) is 2.86. The Balaban J connectivity index is 2.39. The largest absolute Gasteiger partial charge is 0.405 e. The number of thioether (sulfide) groups is 1. The SMILES string of the molecule is Cn1[nH]c(CF)c(C(SC2=NOC(C)(C)C2)C(F)(F)F)c1=O. The molecule has 5 nitrogen and oxygen atoms in total. The quantitative estimate of drug-likeness (QED) is 0.860. The molecule has 0 bridgehead atoms. The average molecular weight is 341 g/mol. The van der Waals surface area contributed by atoms with Crippen LogP contribution < -0.4 is 5.56 Å². The van der Waals surface area contributed by atoms with Crippen LogP contribution in [0, 0.1) is 0 Å². The third kappa shape index (κ3) is 3.31. The number of halogens is 4. The summed E-state index contributed by atoms with van der Waals surface area (Å²) in [6.45, 7) is 2.19. The van der Waals surface area contributed by atoms with Gasteiger partial charge >= 0.3 is 6.18 Å². The number of hydrogen-bond donors (Lipinski definition) is 1. The first-order chi connectivity index (χ1) is 10.0. The maximum absolute atomic E-state index is 13.4. The molecular weight excluding hydrogens is 326 g/mol. The van der Waals surface area contributed by atoms with Gasteiger partial charge in [-0.05, 0) is 13.8 Å². The third-order valence-electron chi connectivity index (χ3n) is 3.08. The fourth-order valence-electron chi connectivity index (χ4n) is 2.09. The van der Waals surface area contributed by atoms with Crippen molar-refractivity contribution in [3.8, 4) is 0 Å². The number of nitrogens with one attached hydrogen (secondary N) is 1. The summed E-state index contributed by atoms with van der Waals surface area (Å²) in [5, 5.41) is 3.86. The highest BCUT2D eigenvalue weighted by atomic mass is 32.2. The van der Waals surface area contributed by atoms with Gasteiger partial charge in [0.15, 0.2) is 0 Å². The molecule has 0 radical (unpaired) electrons. The molecule has 1 atom stereocenters. The highest BCUT2D eigenvalue weighted by Gasteiger charge is 2.47. The minimum Gasteiger partial charge on any atom is -0.389 e. The number of aryl methyl sites for hydroxylation is 1. The topological polar surface area (TPSA) is 59.4 Å². The van der Waals surface area contributed by atoms with Crippen molar-refractivity contribution < 1.29 is 22.4 Å². The van der Waals surface area contributed by atoms with Gasteiger partial charge in [0.05, 0.1) is 11.3 Å². The number of aromatic nitrogens is 2. The van der Waals surface area contributed by atoms with E-state index in [4.69, 9.17) is 4.84 Å². The van der Waals surface area contributed by atoms with Gasteiger partial charge in [-0.15, -0.1) is 0 Å². The van der Waals surface area contributed by atoms with Crippen LogP contribution >= 0.6 is 11.8 Å². The lowest BCUT2D eigenvalue weighted by molar-refractivity contribution is -0.129. The van der Waals surface area contributed by atoms with Gasteiger partial charge < -0.3 is 4.84 Å². The summed E-state index contributed by atoms with van der Waals surface area (Å²) >= 11 is 0.372. The van der Waals surface area contributed by atoms with E-state index in [1.165, 1.54) is 7.05 Å². The molecule has 0 spiro atoms. The normalized spacial score (nSPS) is 19.0. The number of alkyl halides is 4. The molecule has 1 N–H and O–H groups in total. The van der Waals surface area contributed by atoms with Crippen LogP contribution in [0.3, 0.4) is 0 Å². The van der Waals surface area contributed by atoms with E-state index in [0.29, 0.717) is 11.8 Å². The van der Waals surface area contributed by atoms with Gasteiger partial charge in [-0.3, -0.25) is 14.6 Å². The number of hydrogen-bond acceptors (Lipinski definition) is 4. The molecule has 0 saturated heterocycles. The molecule has 1 aromatic rings. The van der Waals surface area contributed by atoms with Crippen molar-refractivity contribution >= 4 is 16.8 Å². The Labute approximate surface area is 127 Å². The Morgan fingerprint density at radius 1 is 1.50 bits per heavy atom. The van der Waals surface area contributed by atoms with Crippen molar-refractivity contribution in [3.63, 3.8) is 0 Å². The van der Waals surface area contributed by atoms with E-state index in [0.717, 1.165) is 4.68 Å². The van der Waals surface area contributed by atoms with Gasteiger partial charge in [0.1, 0.15) is 22.6 Å². The predicted molar refractivity (Wildman–Crippen MR) is 74.4 cm³/mol. The molecule has 2 heterocycles. The highest BCUT2D eigenvalue weighted by molar-refractivity contribution is 8.14. The number of oxime groups is 1. The number of H-pyrrole nitrogens is 1. The van der Waals surface area contributed by atoms with Crippen molar-refractivity contribution in [1.82, 2.24) is 9.78 Å². The van der Waals surface area contributed by atoms with E-state index >= 15 is 0 Å². The third-order valence-corrected chi connectivity index (χ3v) is 4.31. The summed E-state index contributed by atoms with van der Waals surface area (Å²) in [4.78, 5) is 16.9. The van der Waals surface area contributed by atoms with E-state index in [9.17, 15) is 22.4 Å². The van der Waals surface area contributed by atoms with Crippen LogP contribution in [-0.2, 0) is 18.6 Å². The zero-order valence-electron chi connectivity index (χ0n) is 12.1. The Kier molecular flexibility index (Phi) is 4.33. The smallest absolute Gasteiger partial charge is 0.389 e. The second-order valence-corrected chi connectivity index (χ2v) is 6.73. The van der Waals surface area contributed by atoms with Crippen molar-refractivity contribution in [2.75, 3.05) is 0 Å². The lowest BCUT2D eigenvalue weighted by Crippen LogP contribution is -2.27. The van der Waals surface area contributed by atoms with Crippen LogP contribution in [0.4, 0.5) is 17.6 Å². The minimum atomic E-state index is -4.72. The Bertz CT molecular complexity index is 648. The standard InChI is InChI=1S/C12H15F4N3O2S/c1-11(2)4-7(18-21-11)22-9(12(14,15)16)8-6(5-13)17-19(3)10(8)20/h9,17H,4-5H2,1-3H3. The first kappa shape index (κ1) is 16.9. The molecule has 0 saturated carbocycles. The molecule has 0 fully saturated rings. The summed E-state index contributed by atoms with van der Waals surface area (Å²) in [7, 11) is 1.24. The van der Waals surface area contributed by atoms with Crippen LogP contribution in [0.2, 0.25) is 0 Å². The molecule has 1 aliphatic heterocycles. The maximum Gasteiger partial charge on any atom is 0.405 e. The van der Waals surface area contributed by atoms with Gasteiger partial charge in [0, 0.05) is 13.5 Å².